The molecule has 0 unspecified atom stereocenters. The fourth-order valence-corrected chi connectivity index (χ4v) is 3.06. The van der Waals surface area contributed by atoms with E-state index in [1.807, 2.05) is 4.90 Å². The lowest BCUT2D eigenvalue weighted by Gasteiger charge is -2.35. The first-order valence-electron chi connectivity index (χ1n) is 8.31. The molecule has 2 aliphatic rings. The normalized spacial score (nSPS) is 20.1. The van der Waals surface area contributed by atoms with Crippen LogP contribution in [-0.2, 0) is 9.59 Å². The molecule has 8 heteroatoms. The quantitative estimate of drug-likeness (QED) is 0.652. The van der Waals surface area contributed by atoms with Gasteiger partial charge in [0.2, 0.25) is 5.91 Å². The van der Waals surface area contributed by atoms with E-state index in [-0.39, 0.29) is 25.0 Å². The van der Waals surface area contributed by atoms with E-state index in [2.05, 4.69) is 10.6 Å². The topological polar surface area (TPSA) is 102 Å². The van der Waals surface area contributed by atoms with Crippen molar-refractivity contribution in [1.82, 2.24) is 20.4 Å². The molecule has 3 N–H and O–H groups in total. The molecule has 23 heavy (non-hydrogen) atoms. The van der Waals surface area contributed by atoms with Crippen molar-refractivity contribution in [2.24, 2.45) is 0 Å². The molecule has 2 fully saturated rings. The molecule has 1 saturated carbocycles. The molecule has 2 rings (SSSR count). The first kappa shape index (κ1) is 17.5. The van der Waals surface area contributed by atoms with Crippen LogP contribution in [0.2, 0.25) is 0 Å². The highest BCUT2D eigenvalue weighted by Crippen LogP contribution is 2.17. The number of amides is 3. The molecular weight excluding hydrogens is 300 g/mol. The number of hydrogen-bond donors (Lipinski definition) is 3. The van der Waals surface area contributed by atoms with Crippen molar-refractivity contribution >= 4 is 17.9 Å². The van der Waals surface area contributed by atoms with E-state index < -0.39 is 5.97 Å². The minimum Gasteiger partial charge on any atom is -0.480 e. The highest BCUT2D eigenvalue weighted by molar-refractivity contribution is 5.82. The van der Waals surface area contributed by atoms with Crippen LogP contribution in [0.4, 0.5) is 4.79 Å². The molecule has 0 aromatic heterocycles. The molecule has 0 bridgehead atoms. The second-order valence-corrected chi connectivity index (χ2v) is 6.22. The SMILES string of the molecule is O=C(O)CNC(=O)CN1CCN(C(=O)NC2CCCCC2)CC1. The third-order valence-electron chi connectivity index (χ3n) is 4.40. The Morgan fingerprint density at radius 3 is 2.26 bits per heavy atom. The molecule has 0 atom stereocenters. The van der Waals surface area contributed by atoms with Crippen molar-refractivity contribution in [1.29, 1.82) is 0 Å². The smallest absolute Gasteiger partial charge is 0.322 e. The lowest BCUT2D eigenvalue weighted by Crippen LogP contribution is -2.55. The molecular formula is C15H26N4O4. The molecule has 0 radical (unpaired) electrons. The number of carboxylic acid groups (broad SMARTS) is 1. The van der Waals surface area contributed by atoms with Crippen LogP contribution in [-0.4, -0.2) is 78.1 Å². The largest absolute Gasteiger partial charge is 0.480 e. The number of carbonyl (C=O) groups is 3. The Morgan fingerprint density at radius 1 is 1.00 bits per heavy atom. The molecule has 0 spiro atoms. The Bertz CT molecular complexity index is 429. The Labute approximate surface area is 136 Å². The average molecular weight is 326 g/mol. The van der Waals surface area contributed by atoms with Crippen molar-refractivity contribution < 1.29 is 19.5 Å². The summed E-state index contributed by atoms with van der Waals surface area (Å²) >= 11 is 0. The number of carbonyl (C=O) groups excluding carboxylic acids is 2. The molecule has 0 aromatic rings. The Morgan fingerprint density at radius 2 is 1.65 bits per heavy atom. The van der Waals surface area contributed by atoms with E-state index in [0.717, 1.165) is 12.8 Å². The van der Waals surface area contributed by atoms with Crippen molar-refractivity contribution in [3.63, 3.8) is 0 Å². The summed E-state index contributed by atoms with van der Waals surface area (Å²) in [6.07, 6.45) is 5.76. The first-order chi connectivity index (χ1) is 11.0. The molecule has 1 aliphatic carbocycles. The van der Waals surface area contributed by atoms with E-state index in [1.54, 1.807) is 4.90 Å². The van der Waals surface area contributed by atoms with Gasteiger partial charge in [-0.15, -0.1) is 0 Å². The van der Waals surface area contributed by atoms with Gasteiger partial charge >= 0.3 is 12.0 Å². The van der Waals surface area contributed by atoms with Gasteiger partial charge in [-0.2, -0.15) is 0 Å². The number of carboxylic acids is 1. The van der Waals surface area contributed by atoms with Gasteiger partial charge in [0.25, 0.3) is 0 Å². The van der Waals surface area contributed by atoms with E-state index in [4.69, 9.17) is 5.11 Å². The van der Waals surface area contributed by atoms with Crippen LogP contribution in [0, 0.1) is 0 Å². The zero-order chi connectivity index (χ0) is 16.7. The molecule has 8 nitrogen and oxygen atoms in total. The number of aliphatic carboxylic acids is 1. The number of piperazine rings is 1. The summed E-state index contributed by atoms with van der Waals surface area (Å²) in [6, 6.07) is 0.294. The predicted octanol–water partition coefficient (Wildman–Crippen LogP) is -0.153. The van der Waals surface area contributed by atoms with Gasteiger partial charge in [0.05, 0.1) is 6.54 Å². The fraction of sp³-hybridized carbons (Fsp3) is 0.800. The number of rotatable bonds is 5. The van der Waals surface area contributed by atoms with Crippen LogP contribution in [0.1, 0.15) is 32.1 Å². The maximum absolute atomic E-state index is 12.2. The predicted molar refractivity (Wildman–Crippen MR) is 84.1 cm³/mol. The maximum atomic E-state index is 12.2. The number of nitrogens with zero attached hydrogens (tertiary/aromatic N) is 2. The number of urea groups is 1. The van der Waals surface area contributed by atoms with Crippen LogP contribution in [0.25, 0.3) is 0 Å². The van der Waals surface area contributed by atoms with Gasteiger partial charge in [-0.05, 0) is 12.8 Å². The van der Waals surface area contributed by atoms with Crippen LogP contribution < -0.4 is 10.6 Å². The summed E-state index contributed by atoms with van der Waals surface area (Å²) in [6.45, 7) is 2.24. The second kappa shape index (κ2) is 8.71. The van der Waals surface area contributed by atoms with Crippen LogP contribution >= 0.6 is 0 Å². The van der Waals surface area contributed by atoms with Gasteiger partial charge in [0, 0.05) is 32.2 Å². The zero-order valence-electron chi connectivity index (χ0n) is 13.4. The van der Waals surface area contributed by atoms with E-state index in [0.29, 0.717) is 32.2 Å². The summed E-state index contributed by atoms with van der Waals surface area (Å²) in [5.41, 5.74) is 0. The highest BCUT2D eigenvalue weighted by atomic mass is 16.4. The Kier molecular flexibility index (Phi) is 6.64. The zero-order valence-corrected chi connectivity index (χ0v) is 13.4. The maximum Gasteiger partial charge on any atom is 0.322 e. The van der Waals surface area contributed by atoms with Crippen LogP contribution in [0.3, 0.4) is 0 Å². The fourth-order valence-electron chi connectivity index (χ4n) is 3.06. The highest BCUT2D eigenvalue weighted by Gasteiger charge is 2.24. The van der Waals surface area contributed by atoms with Gasteiger partial charge in [0.1, 0.15) is 6.54 Å². The minimum absolute atomic E-state index is 0.00752. The lowest BCUT2D eigenvalue weighted by atomic mass is 9.96. The van der Waals surface area contributed by atoms with Gasteiger partial charge in [0.15, 0.2) is 0 Å². The number of nitrogens with one attached hydrogen (secondary N) is 2. The summed E-state index contributed by atoms with van der Waals surface area (Å²) in [5.74, 6) is -1.35. The lowest BCUT2D eigenvalue weighted by molar-refractivity contribution is -0.138. The van der Waals surface area contributed by atoms with Gasteiger partial charge in [-0.3, -0.25) is 14.5 Å². The molecule has 1 heterocycles. The van der Waals surface area contributed by atoms with Crippen molar-refractivity contribution in [2.75, 3.05) is 39.3 Å². The standard InChI is InChI=1S/C15H26N4O4/c20-13(16-10-14(21)22)11-18-6-8-19(9-7-18)15(23)17-12-4-2-1-3-5-12/h12H,1-11H2,(H,16,20)(H,17,23)(H,21,22). The van der Waals surface area contributed by atoms with E-state index >= 15 is 0 Å². The van der Waals surface area contributed by atoms with E-state index in [1.165, 1.54) is 19.3 Å². The second-order valence-electron chi connectivity index (χ2n) is 6.22. The molecule has 130 valence electrons. The molecule has 3 amide bonds. The van der Waals surface area contributed by atoms with Crippen molar-refractivity contribution in [3.8, 4) is 0 Å². The number of hydrogen-bond acceptors (Lipinski definition) is 4. The summed E-state index contributed by atoms with van der Waals surface area (Å²) in [7, 11) is 0. The summed E-state index contributed by atoms with van der Waals surface area (Å²) in [4.78, 5) is 37.9. The molecule has 0 aromatic carbocycles. The van der Waals surface area contributed by atoms with Gasteiger partial charge in [-0.1, -0.05) is 19.3 Å². The van der Waals surface area contributed by atoms with Crippen molar-refractivity contribution in [3.05, 3.63) is 0 Å². The first-order valence-corrected chi connectivity index (χ1v) is 8.31. The van der Waals surface area contributed by atoms with Gasteiger partial charge < -0.3 is 20.6 Å². The van der Waals surface area contributed by atoms with Crippen LogP contribution in [0.15, 0.2) is 0 Å². The Balaban J connectivity index is 1.65. The van der Waals surface area contributed by atoms with Crippen molar-refractivity contribution in [2.45, 2.75) is 38.1 Å². The minimum atomic E-state index is -1.05. The monoisotopic (exact) mass is 326 g/mol. The Hall–Kier alpha value is -1.83. The third-order valence-corrected chi connectivity index (χ3v) is 4.40. The van der Waals surface area contributed by atoms with E-state index in [9.17, 15) is 14.4 Å². The third kappa shape index (κ3) is 6.05. The molecule has 1 saturated heterocycles. The summed E-state index contributed by atoms with van der Waals surface area (Å²) in [5, 5.41) is 14.0. The van der Waals surface area contributed by atoms with Gasteiger partial charge in [-0.25, -0.2) is 4.79 Å². The molecule has 1 aliphatic heterocycles. The summed E-state index contributed by atoms with van der Waals surface area (Å²) < 4.78 is 0. The average Bonchev–Trinajstić information content (AvgIpc) is 2.54. The van der Waals surface area contributed by atoms with Crippen LogP contribution in [0.5, 0.6) is 0 Å².